The van der Waals surface area contributed by atoms with Crippen molar-refractivity contribution in [3.8, 4) is 22.3 Å². The number of nitrogens with zero attached hydrogens (tertiary/aromatic N) is 8. The van der Waals surface area contributed by atoms with E-state index in [1.807, 2.05) is 72.8 Å². The summed E-state index contributed by atoms with van der Waals surface area (Å²) in [5.41, 5.74) is 9.55. The molecule has 0 bridgehead atoms. The Labute approximate surface area is 300 Å². The summed E-state index contributed by atoms with van der Waals surface area (Å²) in [6.45, 7) is 0. The lowest BCUT2D eigenvalue weighted by atomic mass is 10.1. The number of hydrogen-bond acceptors (Lipinski definition) is 8. The quantitative estimate of drug-likeness (QED) is 0.141. The first kappa shape index (κ1) is 33.8. The molecule has 0 aliphatic heterocycles. The lowest BCUT2D eigenvalue weighted by molar-refractivity contribution is 0.0896. The summed E-state index contributed by atoms with van der Waals surface area (Å²) in [6.07, 6.45) is 17.7. The van der Waals surface area contributed by atoms with E-state index in [-0.39, 0.29) is 11.8 Å². The Balaban J connectivity index is 0.000000162. The molecule has 0 spiro atoms. The molecule has 0 atom stereocenters. The van der Waals surface area contributed by atoms with E-state index < -0.39 is 0 Å². The van der Waals surface area contributed by atoms with Crippen molar-refractivity contribution in [2.45, 2.75) is 38.5 Å². The van der Waals surface area contributed by atoms with Crippen molar-refractivity contribution in [3.05, 3.63) is 158 Å². The summed E-state index contributed by atoms with van der Waals surface area (Å²) in [6, 6.07) is 32.2. The Hall–Kier alpha value is -6.68. The molecule has 8 rings (SSSR count). The fourth-order valence-corrected chi connectivity index (χ4v) is 6.09. The fourth-order valence-electron chi connectivity index (χ4n) is 6.09. The average molecular weight is 685 g/mol. The molecule has 0 N–H and O–H groups in total. The van der Waals surface area contributed by atoms with Gasteiger partial charge in [0.15, 0.2) is 0 Å². The normalized spacial score (nSPS) is 10.9. The van der Waals surface area contributed by atoms with Crippen LogP contribution in [0.3, 0.4) is 0 Å². The van der Waals surface area contributed by atoms with Gasteiger partial charge in [-0.3, -0.25) is 18.7 Å². The highest BCUT2D eigenvalue weighted by molar-refractivity contribution is 5.93. The highest BCUT2D eigenvalue weighted by atomic mass is 16.2. The summed E-state index contributed by atoms with van der Waals surface area (Å²) in [5.74, 6) is 0.129. The molecule has 0 saturated heterocycles. The Bertz CT molecular complexity index is 2390. The van der Waals surface area contributed by atoms with Crippen molar-refractivity contribution in [1.82, 2.24) is 39.0 Å². The van der Waals surface area contributed by atoms with Crippen molar-refractivity contribution >= 4 is 33.9 Å². The summed E-state index contributed by atoms with van der Waals surface area (Å²) in [4.78, 5) is 50.2. The van der Waals surface area contributed by atoms with Gasteiger partial charge in [0.2, 0.25) is 11.8 Å². The Morgan fingerprint density at radius 1 is 0.481 bits per heavy atom. The molecule has 8 aromatic rings. The molecular weight excluding hydrogens is 649 g/mol. The molecular formula is C42H36N8O2. The molecule has 0 radical (unpaired) electrons. The van der Waals surface area contributed by atoms with E-state index in [1.54, 1.807) is 46.6 Å². The van der Waals surface area contributed by atoms with E-state index >= 15 is 0 Å². The van der Waals surface area contributed by atoms with Crippen LogP contribution in [0.1, 0.15) is 46.4 Å². The third-order valence-corrected chi connectivity index (χ3v) is 8.82. The van der Waals surface area contributed by atoms with E-state index in [9.17, 15) is 9.59 Å². The highest BCUT2D eigenvalue weighted by Gasteiger charge is 2.13. The Kier molecular flexibility index (Phi) is 10.6. The molecule has 0 fully saturated rings. The molecule has 0 unspecified atom stereocenters. The second-order valence-electron chi connectivity index (χ2n) is 12.4. The largest absolute Gasteiger partial charge is 0.274 e. The van der Waals surface area contributed by atoms with Crippen LogP contribution < -0.4 is 0 Å². The first-order valence-electron chi connectivity index (χ1n) is 17.2. The Morgan fingerprint density at radius 3 is 1.52 bits per heavy atom. The molecule has 256 valence electrons. The minimum absolute atomic E-state index is 0.0601. The molecule has 52 heavy (non-hydrogen) atoms. The van der Waals surface area contributed by atoms with Crippen LogP contribution in [0.5, 0.6) is 0 Å². The number of hydrogen-bond donors (Lipinski definition) is 0. The number of aryl methyl sites for hydroxylation is 2. The zero-order chi connectivity index (χ0) is 35.5. The number of benzene rings is 4. The van der Waals surface area contributed by atoms with Gasteiger partial charge in [-0.1, -0.05) is 72.8 Å². The third-order valence-electron chi connectivity index (χ3n) is 8.82. The van der Waals surface area contributed by atoms with Crippen LogP contribution in [0.4, 0.5) is 0 Å². The number of fused-ring (bicyclic) bond motifs is 2. The average Bonchev–Trinajstić information content (AvgIpc) is 3.84. The van der Waals surface area contributed by atoms with Gasteiger partial charge >= 0.3 is 0 Å². The summed E-state index contributed by atoms with van der Waals surface area (Å²) in [7, 11) is 0. The van der Waals surface area contributed by atoms with Crippen molar-refractivity contribution in [3.63, 3.8) is 0 Å². The number of carbonyl (C=O) groups excluding carboxylic acids is 2. The van der Waals surface area contributed by atoms with E-state index in [0.717, 1.165) is 70.0 Å². The first-order chi connectivity index (χ1) is 25.6. The van der Waals surface area contributed by atoms with Crippen LogP contribution in [-0.2, 0) is 12.8 Å². The number of rotatable bonds is 10. The molecule has 10 heteroatoms. The summed E-state index contributed by atoms with van der Waals surface area (Å²) >= 11 is 0. The minimum Gasteiger partial charge on any atom is -0.274 e. The van der Waals surface area contributed by atoms with Crippen LogP contribution in [0.25, 0.3) is 44.3 Å². The van der Waals surface area contributed by atoms with Gasteiger partial charge in [0, 0.05) is 48.8 Å². The van der Waals surface area contributed by atoms with Gasteiger partial charge in [0.25, 0.3) is 0 Å². The summed E-state index contributed by atoms with van der Waals surface area (Å²) in [5, 5.41) is 0. The fraction of sp³-hybridized carbons (Fsp3) is 0.143. The molecule has 4 aromatic carbocycles. The Morgan fingerprint density at radius 2 is 0.962 bits per heavy atom. The number of imidazole rings is 2. The number of aromatic nitrogens is 8. The van der Waals surface area contributed by atoms with Crippen LogP contribution >= 0.6 is 0 Å². The van der Waals surface area contributed by atoms with Crippen molar-refractivity contribution < 1.29 is 9.59 Å². The first-order valence-corrected chi connectivity index (χ1v) is 17.2. The monoisotopic (exact) mass is 684 g/mol. The van der Waals surface area contributed by atoms with E-state index in [0.29, 0.717) is 12.8 Å². The van der Waals surface area contributed by atoms with Gasteiger partial charge in [0.1, 0.15) is 25.3 Å². The van der Waals surface area contributed by atoms with Gasteiger partial charge in [-0.15, -0.1) is 0 Å². The second kappa shape index (κ2) is 16.4. The minimum atomic E-state index is 0.0601. The standard InChI is InChI=1S/2C21H18N4O/c26-21(8-4-7-16-5-2-1-3-6-16)25-15-24-19-11-17(9-10-20(19)25)18-12-22-14-23-13-18;26-21(8-4-7-16-5-2-1-3-6-16)25-15-24-19-10-9-17(11-20(19)25)18-12-22-14-23-13-18/h2*1-3,5-6,9-15H,4,7-8H2. The van der Waals surface area contributed by atoms with Gasteiger partial charge in [0.05, 0.1) is 22.1 Å². The molecule has 4 aromatic heterocycles. The third kappa shape index (κ3) is 8.19. The van der Waals surface area contributed by atoms with Gasteiger partial charge in [-0.05, 0) is 72.2 Å². The van der Waals surface area contributed by atoms with Crippen LogP contribution in [0.15, 0.2) is 147 Å². The molecule has 0 aliphatic rings. The van der Waals surface area contributed by atoms with E-state index in [1.165, 1.54) is 23.8 Å². The van der Waals surface area contributed by atoms with Crippen molar-refractivity contribution in [2.75, 3.05) is 0 Å². The molecule has 4 heterocycles. The SMILES string of the molecule is O=C(CCCc1ccccc1)n1cnc2cc(-c3cncnc3)ccc21.O=C(CCCc1ccccc1)n1cnc2ccc(-c3cncnc3)cc21. The molecule has 10 nitrogen and oxygen atoms in total. The maximum absolute atomic E-state index is 12.7. The van der Waals surface area contributed by atoms with E-state index in [2.05, 4.69) is 54.2 Å². The van der Waals surface area contributed by atoms with E-state index in [4.69, 9.17) is 0 Å². The van der Waals surface area contributed by atoms with Crippen molar-refractivity contribution in [2.24, 2.45) is 0 Å². The maximum Gasteiger partial charge on any atom is 0.232 e. The maximum atomic E-state index is 12.7. The number of carbonyl (C=O) groups is 2. The van der Waals surface area contributed by atoms with Gasteiger partial charge in [-0.25, -0.2) is 29.9 Å². The lowest BCUT2D eigenvalue weighted by Crippen LogP contribution is -2.09. The molecule has 0 aliphatic carbocycles. The summed E-state index contributed by atoms with van der Waals surface area (Å²) < 4.78 is 3.29. The molecule has 0 saturated carbocycles. The lowest BCUT2D eigenvalue weighted by Gasteiger charge is -2.05. The van der Waals surface area contributed by atoms with Crippen LogP contribution in [0, 0.1) is 0 Å². The zero-order valence-corrected chi connectivity index (χ0v) is 28.5. The van der Waals surface area contributed by atoms with Gasteiger partial charge < -0.3 is 0 Å². The molecule has 0 amide bonds. The second-order valence-corrected chi connectivity index (χ2v) is 12.4. The highest BCUT2D eigenvalue weighted by Crippen LogP contribution is 2.25. The van der Waals surface area contributed by atoms with Crippen molar-refractivity contribution in [1.29, 1.82) is 0 Å². The predicted octanol–water partition coefficient (Wildman–Crippen LogP) is 8.31. The van der Waals surface area contributed by atoms with Crippen LogP contribution in [-0.4, -0.2) is 50.9 Å². The zero-order valence-electron chi connectivity index (χ0n) is 28.5. The predicted molar refractivity (Wildman–Crippen MR) is 202 cm³/mol. The topological polar surface area (TPSA) is 121 Å². The van der Waals surface area contributed by atoms with Crippen LogP contribution in [0.2, 0.25) is 0 Å². The van der Waals surface area contributed by atoms with Gasteiger partial charge in [-0.2, -0.15) is 0 Å². The smallest absolute Gasteiger partial charge is 0.232 e.